The van der Waals surface area contributed by atoms with Gasteiger partial charge >= 0.3 is 0 Å². The molecule has 1 heterocycles. The van der Waals surface area contributed by atoms with Gasteiger partial charge in [0.05, 0.1) is 10.6 Å². The summed E-state index contributed by atoms with van der Waals surface area (Å²) in [6.07, 6.45) is 2.40. The van der Waals surface area contributed by atoms with Crippen LogP contribution in [0.4, 0.5) is 0 Å². The number of hydrogen-bond donors (Lipinski definition) is 1. The first-order chi connectivity index (χ1) is 10.5. The number of rotatable bonds is 4. The van der Waals surface area contributed by atoms with Crippen LogP contribution in [0, 0.1) is 5.92 Å². The van der Waals surface area contributed by atoms with Crippen molar-refractivity contribution >= 4 is 39.8 Å². The molecular formula is C16H26IN3O2S. The maximum Gasteiger partial charge on any atom is 0.193 e. The Morgan fingerprint density at radius 2 is 2.04 bits per heavy atom. The highest BCUT2D eigenvalue weighted by Gasteiger charge is 2.20. The normalized spacial score (nSPS) is 19.1. The summed E-state index contributed by atoms with van der Waals surface area (Å²) in [6, 6.07) is 8.58. The molecule has 1 fully saturated rings. The number of nitrogens with one attached hydrogen (secondary N) is 1. The van der Waals surface area contributed by atoms with Crippen molar-refractivity contribution < 1.29 is 8.42 Å². The van der Waals surface area contributed by atoms with Gasteiger partial charge in [0.25, 0.3) is 0 Å². The van der Waals surface area contributed by atoms with Crippen molar-refractivity contribution in [1.29, 1.82) is 0 Å². The number of piperidine rings is 1. The summed E-state index contributed by atoms with van der Waals surface area (Å²) in [5, 5.41) is 3.18. The second-order valence-corrected chi connectivity index (χ2v) is 7.91. The summed E-state index contributed by atoms with van der Waals surface area (Å²) in [4.78, 5) is 6.86. The highest BCUT2D eigenvalue weighted by atomic mass is 127. The highest BCUT2D eigenvalue weighted by Crippen LogP contribution is 2.15. The molecule has 1 aliphatic heterocycles. The van der Waals surface area contributed by atoms with Crippen molar-refractivity contribution in [3.8, 4) is 0 Å². The molecule has 2 rings (SSSR count). The smallest absolute Gasteiger partial charge is 0.193 e. The average Bonchev–Trinajstić information content (AvgIpc) is 2.52. The molecule has 1 saturated heterocycles. The molecule has 0 amide bonds. The van der Waals surface area contributed by atoms with Crippen molar-refractivity contribution in [2.75, 3.05) is 32.4 Å². The van der Waals surface area contributed by atoms with Crippen LogP contribution in [0.1, 0.15) is 19.8 Å². The molecule has 1 aromatic rings. The lowest BCUT2D eigenvalue weighted by molar-refractivity contribution is 0.266. The Balaban J connectivity index is 0.00000264. The third kappa shape index (κ3) is 5.95. The fraction of sp³-hybridized carbons (Fsp3) is 0.562. The number of nitrogens with zero attached hydrogens (tertiary/aromatic N) is 2. The number of guanidine groups is 1. The fourth-order valence-electron chi connectivity index (χ4n) is 2.76. The zero-order valence-corrected chi connectivity index (χ0v) is 16.9. The maximum atomic E-state index is 12.2. The number of halogens is 1. The summed E-state index contributed by atoms with van der Waals surface area (Å²) >= 11 is 0. The van der Waals surface area contributed by atoms with E-state index in [9.17, 15) is 8.42 Å². The molecule has 1 unspecified atom stereocenters. The lowest BCUT2D eigenvalue weighted by atomic mass is 10.0. The van der Waals surface area contributed by atoms with Crippen LogP contribution in [0.5, 0.6) is 0 Å². The van der Waals surface area contributed by atoms with Gasteiger partial charge in [0.2, 0.25) is 0 Å². The monoisotopic (exact) mass is 451 g/mol. The third-order valence-electron chi connectivity index (χ3n) is 3.92. The Morgan fingerprint density at radius 1 is 1.35 bits per heavy atom. The lowest BCUT2D eigenvalue weighted by Crippen LogP contribution is -2.47. The van der Waals surface area contributed by atoms with E-state index < -0.39 is 9.84 Å². The van der Waals surface area contributed by atoms with Crippen LogP contribution >= 0.6 is 24.0 Å². The largest absolute Gasteiger partial charge is 0.355 e. The summed E-state index contributed by atoms with van der Waals surface area (Å²) in [7, 11) is -1.50. The number of likely N-dealkylation sites (tertiary alicyclic amines) is 1. The van der Waals surface area contributed by atoms with Gasteiger partial charge in [-0.1, -0.05) is 25.1 Å². The van der Waals surface area contributed by atoms with Gasteiger partial charge in [-0.15, -0.1) is 24.0 Å². The molecule has 1 N–H and O–H groups in total. The van der Waals surface area contributed by atoms with E-state index in [4.69, 9.17) is 0 Å². The SMILES string of the molecule is CN=C(NCCS(=O)(=O)c1ccccc1)N1CCCC(C)C1.I. The zero-order valence-electron chi connectivity index (χ0n) is 13.7. The van der Waals surface area contributed by atoms with E-state index >= 15 is 0 Å². The van der Waals surface area contributed by atoms with E-state index in [0.717, 1.165) is 25.5 Å². The molecule has 1 aliphatic rings. The number of sulfone groups is 1. The van der Waals surface area contributed by atoms with Crippen molar-refractivity contribution in [3.63, 3.8) is 0 Å². The van der Waals surface area contributed by atoms with Gasteiger partial charge in [0.15, 0.2) is 15.8 Å². The summed E-state index contributed by atoms with van der Waals surface area (Å²) in [5.74, 6) is 1.52. The molecule has 0 radical (unpaired) electrons. The first-order valence-corrected chi connectivity index (χ1v) is 9.41. The van der Waals surface area contributed by atoms with E-state index in [0.29, 0.717) is 17.4 Å². The quantitative estimate of drug-likeness (QED) is 0.434. The van der Waals surface area contributed by atoms with E-state index in [1.807, 2.05) is 6.07 Å². The number of benzene rings is 1. The topological polar surface area (TPSA) is 61.8 Å². The molecule has 5 nitrogen and oxygen atoms in total. The Labute approximate surface area is 156 Å². The molecule has 23 heavy (non-hydrogen) atoms. The minimum atomic E-state index is -3.24. The second kappa shape index (κ2) is 9.46. The van der Waals surface area contributed by atoms with Crippen LogP contribution < -0.4 is 5.32 Å². The molecule has 0 saturated carbocycles. The van der Waals surface area contributed by atoms with Crippen LogP contribution in [0.25, 0.3) is 0 Å². The predicted molar refractivity (Wildman–Crippen MR) is 105 cm³/mol. The lowest BCUT2D eigenvalue weighted by Gasteiger charge is -2.33. The fourth-order valence-corrected chi connectivity index (χ4v) is 3.94. The van der Waals surface area contributed by atoms with E-state index in [-0.39, 0.29) is 29.7 Å². The Morgan fingerprint density at radius 3 is 2.65 bits per heavy atom. The first kappa shape index (κ1) is 20.2. The van der Waals surface area contributed by atoms with Crippen LogP contribution in [-0.4, -0.2) is 51.7 Å². The van der Waals surface area contributed by atoms with Crippen molar-refractivity contribution in [1.82, 2.24) is 10.2 Å². The molecular weight excluding hydrogens is 425 g/mol. The van der Waals surface area contributed by atoms with Crippen LogP contribution in [0.15, 0.2) is 40.2 Å². The standard InChI is InChI=1S/C16H25N3O2S.HI/c1-14-7-6-11-19(13-14)16(17-2)18-10-12-22(20,21)15-8-4-3-5-9-15;/h3-5,8-9,14H,6-7,10-13H2,1-2H3,(H,17,18);1H. The van der Waals surface area contributed by atoms with Gasteiger partial charge in [-0.2, -0.15) is 0 Å². The Hall–Kier alpha value is -0.830. The van der Waals surface area contributed by atoms with Crippen LogP contribution in [0.2, 0.25) is 0 Å². The molecule has 0 aliphatic carbocycles. The first-order valence-electron chi connectivity index (χ1n) is 7.76. The van der Waals surface area contributed by atoms with Crippen molar-refractivity contribution in [2.24, 2.45) is 10.9 Å². The maximum absolute atomic E-state index is 12.2. The van der Waals surface area contributed by atoms with Crippen molar-refractivity contribution in [3.05, 3.63) is 30.3 Å². The second-order valence-electron chi connectivity index (χ2n) is 5.80. The minimum absolute atomic E-state index is 0. The Bertz CT molecular complexity index is 605. The average molecular weight is 451 g/mol. The summed E-state index contributed by atoms with van der Waals surface area (Å²) in [6.45, 7) is 4.56. The van der Waals surface area contributed by atoms with Gasteiger partial charge in [-0.25, -0.2) is 8.42 Å². The Kier molecular flexibility index (Phi) is 8.32. The highest BCUT2D eigenvalue weighted by molar-refractivity contribution is 14.0. The molecule has 130 valence electrons. The van der Waals surface area contributed by atoms with Crippen LogP contribution in [-0.2, 0) is 9.84 Å². The van der Waals surface area contributed by atoms with E-state index in [2.05, 4.69) is 22.1 Å². The van der Waals surface area contributed by atoms with Gasteiger partial charge in [-0.05, 0) is 30.9 Å². The zero-order chi connectivity index (χ0) is 16.0. The molecule has 0 spiro atoms. The number of aliphatic imine (C=N–C) groups is 1. The molecule has 1 aromatic carbocycles. The van der Waals surface area contributed by atoms with Gasteiger partial charge < -0.3 is 10.2 Å². The molecule has 1 atom stereocenters. The van der Waals surface area contributed by atoms with Gasteiger partial charge in [-0.3, -0.25) is 4.99 Å². The van der Waals surface area contributed by atoms with Gasteiger partial charge in [0.1, 0.15) is 0 Å². The number of hydrogen-bond acceptors (Lipinski definition) is 3. The summed E-state index contributed by atoms with van der Waals surface area (Å²) < 4.78 is 24.5. The summed E-state index contributed by atoms with van der Waals surface area (Å²) in [5.41, 5.74) is 0. The molecule has 0 aromatic heterocycles. The van der Waals surface area contributed by atoms with Crippen molar-refractivity contribution in [2.45, 2.75) is 24.7 Å². The minimum Gasteiger partial charge on any atom is -0.355 e. The van der Waals surface area contributed by atoms with E-state index in [1.165, 1.54) is 6.42 Å². The van der Waals surface area contributed by atoms with Gasteiger partial charge in [0, 0.05) is 26.7 Å². The van der Waals surface area contributed by atoms with E-state index in [1.54, 1.807) is 31.3 Å². The predicted octanol–water partition coefficient (Wildman–Crippen LogP) is 2.39. The third-order valence-corrected chi connectivity index (χ3v) is 5.66. The molecule has 0 bridgehead atoms. The molecule has 7 heteroatoms. The van der Waals surface area contributed by atoms with Crippen LogP contribution in [0.3, 0.4) is 0 Å².